The average molecular weight is 276 g/mol. The van der Waals surface area contributed by atoms with Gasteiger partial charge in [-0.3, -0.25) is 0 Å². The Morgan fingerprint density at radius 3 is 2.90 bits per heavy atom. The van der Waals surface area contributed by atoms with Crippen LogP contribution in [0.25, 0.3) is 0 Å². The molecule has 0 bridgehead atoms. The van der Waals surface area contributed by atoms with Gasteiger partial charge in [-0.15, -0.1) is 0 Å². The van der Waals surface area contributed by atoms with Crippen molar-refractivity contribution in [3.63, 3.8) is 0 Å². The topological polar surface area (TPSA) is 24.5 Å². The van der Waals surface area contributed by atoms with Crippen molar-refractivity contribution in [2.24, 2.45) is 0 Å². The molecule has 112 valence electrons. The van der Waals surface area contributed by atoms with Gasteiger partial charge in [0.1, 0.15) is 12.4 Å². The van der Waals surface area contributed by atoms with Gasteiger partial charge in [0.25, 0.3) is 0 Å². The monoisotopic (exact) mass is 276 g/mol. The number of rotatable bonds is 10. The van der Waals surface area contributed by atoms with Gasteiger partial charge in [0.2, 0.25) is 0 Å². The highest BCUT2D eigenvalue weighted by molar-refractivity contribution is 5.28. The van der Waals surface area contributed by atoms with Crippen molar-refractivity contribution in [3.05, 3.63) is 29.8 Å². The van der Waals surface area contributed by atoms with Gasteiger partial charge in [-0.1, -0.05) is 25.5 Å². The van der Waals surface area contributed by atoms with Crippen molar-refractivity contribution >= 4 is 0 Å². The molecule has 0 aliphatic heterocycles. The number of likely N-dealkylation sites (N-methyl/N-ethyl adjacent to an activating group) is 1. The zero-order chi connectivity index (χ0) is 14.2. The van der Waals surface area contributed by atoms with Crippen LogP contribution < -0.4 is 10.1 Å². The van der Waals surface area contributed by atoms with Gasteiger partial charge >= 0.3 is 0 Å². The summed E-state index contributed by atoms with van der Waals surface area (Å²) in [6.07, 6.45) is 5.18. The molecule has 0 heterocycles. The highest BCUT2D eigenvalue weighted by atomic mass is 16.5. The maximum Gasteiger partial charge on any atom is 0.119 e. The first-order valence-corrected chi connectivity index (χ1v) is 7.91. The zero-order valence-electron chi connectivity index (χ0n) is 12.9. The number of nitrogens with one attached hydrogen (secondary N) is 1. The van der Waals surface area contributed by atoms with Gasteiger partial charge in [0, 0.05) is 19.1 Å². The standard InChI is InChI=1S/C17H28N2O/c1-3-4-10-19(2)11-12-20-17-7-5-6-15(13-17)14-18-16-8-9-16/h5-7,13,16,18H,3-4,8-12,14H2,1-2H3. The highest BCUT2D eigenvalue weighted by Crippen LogP contribution is 2.20. The van der Waals surface area contributed by atoms with Crippen LogP contribution in [0, 0.1) is 0 Å². The summed E-state index contributed by atoms with van der Waals surface area (Å²) in [6, 6.07) is 9.20. The molecule has 2 rings (SSSR count). The van der Waals surface area contributed by atoms with Crippen molar-refractivity contribution in [2.75, 3.05) is 26.7 Å². The lowest BCUT2D eigenvalue weighted by Crippen LogP contribution is -2.25. The zero-order valence-corrected chi connectivity index (χ0v) is 12.9. The minimum atomic E-state index is 0.756. The Balaban J connectivity index is 1.67. The van der Waals surface area contributed by atoms with Crippen LogP contribution in [0.2, 0.25) is 0 Å². The summed E-state index contributed by atoms with van der Waals surface area (Å²) in [5.41, 5.74) is 1.31. The number of hydrogen-bond donors (Lipinski definition) is 1. The van der Waals surface area contributed by atoms with E-state index in [-0.39, 0.29) is 0 Å². The Morgan fingerprint density at radius 2 is 2.15 bits per heavy atom. The Morgan fingerprint density at radius 1 is 1.30 bits per heavy atom. The maximum absolute atomic E-state index is 5.85. The molecule has 1 fully saturated rings. The second-order valence-electron chi connectivity index (χ2n) is 5.81. The lowest BCUT2D eigenvalue weighted by molar-refractivity contribution is 0.235. The van der Waals surface area contributed by atoms with Gasteiger partial charge in [0.05, 0.1) is 0 Å². The van der Waals surface area contributed by atoms with E-state index in [9.17, 15) is 0 Å². The van der Waals surface area contributed by atoms with Crippen molar-refractivity contribution in [1.82, 2.24) is 10.2 Å². The van der Waals surface area contributed by atoms with Gasteiger partial charge in [0.15, 0.2) is 0 Å². The van der Waals surface area contributed by atoms with E-state index in [1.54, 1.807) is 0 Å². The molecule has 0 unspecified atom stereocenters. The molecule has 0 atom stereocenters. The van der Waals surface area contributed by atoms with E-state index in [0.29, 0.717) is 0 Å². The minimum Gasteiger partial charge on any atom is -0.492 e. The van der Waals surface area contributed by atoms with Crippen molar-refractivity contribution < 1.29 is 4.74 Å². The fourth-order valence-corrected chi connectivity index (χ4v) is 2.15. The smallest absolute Gasteiger partial charge is 0.119 e. The fourth-order valence-electron chi connectivity index (χ4n) is 2.15. The van der Waals surface area contributed by atoms with Crippen molar-refractivity contribution in [1.29, 1.82) is 0 Å². The molecule has 0 spiro atoms. The summed E-state index contributed by atoms with van der Waals surface area (Å²) < 4.78 is 5.85. The first kappa shape index (κ1) is 15.3. The number of benzene rings is 1. The molecule has 20 heavy (non-hydrogen) atoms. The van der Waals surface area contributed by atoms with Crippen LogP contribution in [0.3, 0.4) is 0 Å². The predicted octanol–water partition coefficient (Wildman–Crippen LogP) is 3.05. The molecule has 1 N–H and O–H groups in total. The second-order valence-corrected chi connectivity index (χ2v) is 5.81. The SMILES string of the molecule is CCCCN(C)CCOc1cccc(CNC2CC2)c1. The van der Waals surface area contributed by atoms with Gasteiger partial charge in [-0.25, -0.2) is 0 Å². The van der Waals surface area contributed by atoms with Crippen molar-refractivity contribution in [2.45, 2.75) is 45.2 Å². The second kappa shape index (κ2) is 8.28. The van der Waals surface area contributed by atoms with Crippen LogP contribution in [0.4, 0.5) is 0 Å². The number of hydrogen-bond acceptors (Lipinski definition) is 3. The van der Waals surface area contributed by atoms with Crippen molar-refractivity contribution in [3.8, 4) is 5.75 Å². The summed E-state index contributed by atoms with van der Waals surface area (Å²) in [7, 11) is 2.16. The Hall–Kier alpha value is -1.06. The number of unbranched alkanes of at least 4 members (excludes halogenated alkanes) is 1. The van der Waals surface area contributed by atoms with E-state index < -0.39 is 0 Å². The van der Waals surface area contributed by atoms with E-state index in [4.69, 9.17) is 4.74 Å². The van der Waals surface area contributed by atoms with Crippen LogP contribution >= 0.6 is 0 Å². The minimum absolute atomic E-state index is 0.756. The lowest BCUT2D eigenvalue weighted by Gasteiger charge is -2.16. The van der Waals surface area contributed by atoms with Crippen LogP contribution in [-0.2, 0) is 6.54 Å². The lowest BCUT2D eigenvalue weighted by atomic mass is 10.2. The number of ether oxygens (including phenoxy) is 1. The highest BCUT2D eigenvalue weighted by Gasteiger charge is 2.19. The van der Waals surface area contributed by atoms with Crippen LogP contribution in [0.5, 0.6) is 5.75 Å². The Bertz CT molecular complexity index is 390. The van der Waals surface area contributed by atoms with E-state index in [1.807, 2.05) is 6.07 Å². The molecule has 1 aromatic carbocycles. The summed E-state index contributed by atoms with van der Waals surface area (Å²) in [5, 5.41) is 3.53. The molecular formula is C17H28N2O. The molecule has 1 aliphatic rings. The molecule has 0 radical (unpaired) electrons. The summed E-state index contributed by atoms with van der Waals surface area (Å²) in [4.78, 5) is 2.34. The average Bonchev–Trinajstić information content (AvgIpc) is 3.28. The maximum atomic E-state index is 5.85. The summed E-state index contributed by atoms with van der Waals surface area (Å²) in [6.45, 7) is 6.10. The largest absolute Gasteiger partial charge is 0.492 e. The van der Waals surface area contributed by atoms with E-state index in [1.165, 1.54) is 31.2 Å². The molecular weight excluding hydrogens is 248 g/mol. The molecule has 3 nitrogen and oxygen atoms in total. The first-order chi connectivity index (χ1) is 9.78. The van der Waals surface area contributed by atoms with E-state index >= 15 is 0 Å². The fraction of sp³-hybridized carbons (Fsp3) is 0.647. The number of nitrogens with zero attached hydrogens (tertiary/aromatic N) is 1. The predicted molar refractivity (Wildman–Crippen MR) is 84.2 cm³/mol. The summed E-state index contributed by atoms with van der Waals surface area (Å²) >= 11 is 0. The van der Waals surface area contributed by atoms with E-state index in [2.05, 4.69) is 42.4 Å². The molecule has 0 saturated heterocycles. The van der Waals surface area contributed by atoms with Gasteiger partial charge in [-0.2, -0.15) is 0 Å². The van der Waals surface area contributed by atoms with Gasteiger partial charge < -0.3 is 15.0 Å². The quantitative estimate of drug-likeness (QED) is 0.711. The molecule has 1 saturated carbocycles. The molecule has 3 heteroatoms. The third kappa shape index (κ3) is 5.93. The normalized spacial score (nSPS) is 14.8. The van der Waals surface area contributed by atoms with Crippen LogP contribution in [0.15, 0.2) is 24.3 Å². The molecule has 1 aliphatic carbocycles. The Kier molecular flexibility index (Phi) is 6.34. The Labute approximate surface area is 123 Å². The third-order valence-electron chi connectivity index (χ3n) is 3.71. The first-order valence-electron chi connectivity index (χ1n) is 7.91. The summed E-state index contributed by atoms with van der Waals surface area (Å²) in [5.74, 6) is 0.990. The van der Waals surface area contributed by atoms with Crippen LogP contribution in [0.1, 0.15) is 38.2 Å². The van der Waals surface area contributed by atoms with Crippen LogP contribution in [-0.4, -0.2) is 37.7 Å². The molecule has 0 amide bonds. The third-order valence-corrected chi connectivity index (χ3v) is 3.71. The van der Waals surface area contributed by atoms with Gasteiger partial charge in [-0.05, 0) is 50.6 Å². The van der Waals surface area contributed by atoms with E-state index in [0.717, 1.165) is 38.0 Å². The molecule has 0 aromatic heterocycles. The molecule has 1 aromatic rings.